The molecular formula is C11H36O2Si3. The highest BCUT2D eigenvalue weighted by Crippen LogP contribution is 2.07. The molecule has 0 saturated carbocycles. The molecule has 0 unspecified atom stereocenters. The highest BCUT2D eigenvalue weighted by molar-refractivity contribution is 6.69. The second-order valence-electron chi connectivity index (χ2n) is 3.80. The summed E-state index contributed by atoms with van der Waals surface area (Å²) in [6.45, 7) is 7.47. The summed E-state index contributed by atoms with van der Waals surface area (Å²) in [5.41, 5.74) is 0. The van der Waals surface area contributed by atoms with E-state index in [4.69, 9.17) is 8.54 Å². The van der Waals surface area contributed by atoms with Gasteiger partial charge in [0, 0.05) is 16.8 Å². The molecule has 0 aromatic rings. The normalized spacial score (nSPS) is 10.7. The van der Waals surface area contributed by atoms with Crippen LogP contribution in [0.5, 0.6) is 0 Å². The number of hydrogen-bond acceptors (Lipinski definition) is 2. The van der Waals surface area contributed by atoms with Crippen molar-refractivity contribution in [2.45, 2.75) is 67.2 Å². The molecule has 0 N–H and O–H groups in total. The molecular weight excluding hydrogens is 248 g/mol. The molecule has 104 valence electrons. The fraction of sp³-hybridized carbons (Fsp3) is 1.00. The van der Waals surface area contributed by atoms with Crippen LogP contribution in [-0.2, 0) is 8.54 Å². The van der Waals surface area contributed by atoms with Gasteiger partial charge in [-0.2, -0.15) is 0 Å². The summed E-state index contributed by atoms with van der Waals surface area (Å²) in [5.74, 6) is 0. The molecule has 0 fully saturated rings. The lowest BCUT2D eigenvalue weighted by atomic mass is 10.5. The topological polar surface area (TPSA) is 18.5 Å². The van der Waals surface area contributed by atoms with Crippen molar-refractivity contribution >= 4 is 28.6 Å². The maximum absolute atomic E-state index is 5.88. The van der Waals surface area contributed by atoms with Gasteiger partial charge < -0.3 is 8.54 Å². The first-order valence-corrected chi connectivity index (χ1v) is 11.2. The van der Waals surface area contributed by atoms with Crippen LogP contribution in [0.3, 0.4) is 0 Å². The van der Waals surface area contributed by atoms with E-state index in [1.165, 1.54) is 35.2 Å². The zero-order valence-corrected chi connectivity index (χ0v) is 14.0. The molecule has 0 saturated heterocycles. The van der Waals surface area contributed by atoms with E-state index in [0.29, 0.717) is 0 Å². The van der Waals surface area contributed by atoms with Crippen molar-refractivity contribution in [2.75, 3.05) is 6.61 Å². The Morgan fingerprint density at radius 1 is 1.19 bits per heavy atom. The molecule has 0 aromatic heterocycles. The minimum Gasteiger partial charge on any atom is -0.442 e. The van der Waals surface area contributed by atoms with Gasteiger partial charge in [-0.3, -0.25) is 0 Å². The summed E-state index contributed by atoms with van der Waals surface area (Å²) in [7, 11) is -0.685. The Balaban J connectivity index is -0.000000240. The van der Waals surface area contributed by atoms with E-state index in [2.05, 4.69) is 20.0 Å². The molecule has 16 heavy (non-hydrogen) atoms. The van der Waals surface area contributed by atoms with E-state index in [0.717, 1.165) is 6.61 Å². The minimum absolute atomic E-state index is 0. The van der Waals surface area contributed by atoms with E-state index in [1.54, 1.807) is 0 Å². The van der Waals surface area contributed by atoms with E-state index < -0.39 is 8.56 Å². The largest absolute Gasteiger partial charge is 0.442 e. The monoisotopic (exact) mass is 284 g/mol. The Morgan fingerprint density at radius 3 is 2.19 bits per heavy atom. The fourth-order valence-electron chi connectivity index (χ4n) is 0.966. The van der Waals surface area contributed by atoms with E-state index in [1.807, 2.05) is 0 Å². The molecule has 0 aromatic carbocycles. The van der Waals surface area contributed by atoms with Crippen LogP contribution in [0.4, 0.5) is 0 Å². The quantitative estimate of drug-likeness (QED) is 0.504. The second-order valence-corrected chi connectivity index (χ2v) is 10.2. The first-order valence-electron chi connectivity index (χ1n) is 5.40. The second kappa shape index (κ2) is 15.6. The summed E-state index contributed by atoms with van der Waals surface area (Å²) in [6, 6.07) is 2.64. The van der Waals surface area contributed by atoms with E-state index in [-0.39, 0.29) is 32.0 Å². The lowest BCUT2D eigenvalue weighted by Gasteiger charge is -2.23. The first kappa shape index (κ1) is 25.4. The van der Waals surface area contributed by atoms with Crippen molar-refractivity contribution in [1.29, 1.82) is 0 Å². The van der Waals surface area contributed by atoms with Gasteiger partial charge in [0.2, 0.25) is 0 Å². The van der Waals surface area contributed by atoms with Crippen molar-refractivity contribution in [3.05, 3.63) is 0 Å². The molecule has 0 aliphatic rings. The molecule has 0 amide bonds. The Kier molecular flexibility index (Phi) is 24.7. The van der Waals surface area contributed by atoms with Crippen molar-refractivity contribution in [2.24, 2.45) is 0 Å². The smallest absolute Gasteiger partial charge is 0.321 e. The van der Waals surface area contributed by atoms with Gasteiger partial charge in [0.1, 0.15) is 9.76 Å². The van der Waals surface area contributed by atoms with Crippen LogP contribution in [0, 0.1) is 0 Å². The van der Waals surface area contributed by atoms with Gasteiger partial charge in [-0.1, -0.05) is 41.7 Å². The average Bonchev–Trinajstić information content (AvgIpc) is 2.05. The summed E-state index contributed by atoms with van der Waals surface area (Å²) < 4.78 is 11.7. The van der Waals surface area contributed by atoms with Crippen LogP contribution in [0.15, 0.2) is 0 Å². The highest BCUT2D eigenvalue weighted by Gasteiger charge is 2.22. The molecule has 5 heteroatoms. The molecule has 0 aliphatic carbocycles. The molecule has 0 spiro atoms. The predicted octanol–water partition coefficient (Wildman–Crippen LogP) is 2.72. The molecule has 0 rings (SSSR count). The third-order valence-corrected chi connectivity index (χ3v) is 8.09. The molecule has 0 aliphatic heterocycles. The maximum atomic E-state index is 5.88. The summed E-state index contributed by atoms with van der Waals surface area (Å²) in [5, 5.41) is 0. The Hall–Kier alpha value is 0.571. The van der Waals surface area contributed by atoms with Crippen molar-refractivity contribution in [3.8, 4) is 0 Å². The molecule has 0 heterocycles. The van der Waals surface area contributed by atoms with Crippen LogP contribution < -0.4 is 0 Å². The van der Waals surface area contributed by atoms with Crippen molar-refractivity contribution < 1.29 is 8.54 Å². The Bertz CT molecular complexity index is 110. The van der Waals surface area contributed by atoms with Crippen LogP contribution in [0.2, 0.25) is 25.2 Å². The molecule has 2 nitrogen and oxygen atoms in total. The predicted molar refractivity (Wildman–Crippen MR) is 87.7 cm³/mol. The van der Waals surface area contributed by atoms with Crippen molar-refractivity contribution in [1.82, 2.24) is 0 Å². The van der Waals surface area contributed by atoms with Gasteiger partial charge >= 0.3 is 8.56 Å². The van der Waals surface area contributed by atoms with Gasteiger partial charge in [-0.15, -0.1) is 0 Å². The molecule has 0 atom stereocenters. The van der Waals surface area contributed by atoms with E-state index >= 15 is 0 Å². The number of hydrogen-bond donors (Lipinski definition) is 0. The average molecular weight is 285 g/mol. The van der Waals surface area contributed by atoms with Crippen LogP contribution >= 0.6 is 0 Å². The zero-order valence-electron chi connectivity index (χ0n) is 9.56. The zero-order chi connectivity index (χ0) is 10.2. The van der Waals surface area contributed by atoms with Gasteiger partial charge in [0.05, 0.1) is 0 Å². The van der Waals surface area contributed by atoms with Crippen LogP contribution in [0.1, 0.15) is 42.0 Å². The van der Waals surface area contributed by atoms with Gasteiger partial charge in [-0.25, -0.2) is 0 Å². The molecule has 0 bridgehead atoms. The summed E-state index contributed by atoms with van der Waals surface area (Å²) >= 11 is 0. The van der Waals surface area contributed by atoms with Gasteiger partial charge in [0.25, 0.3) is 0 Å². The SMILES string of the molecule is C.C.C.CCC[SiH2]O[Si](C)(C)OCCC[SiH3]. The van der Waals surface area contributed by atoms with Gasteiger partial charge in [0.15, 0.2) is 0 Å². The summed E-state index contributed by atoms with van der Waals surface area (Å²) in [6.07, 6.45) is 2.48. The lowest BCUT2D eigenvalue weighted by Crippen LogP contribution is -2.36. The third kappa shape index (κ3) is 17.0. The minimum atomic E-state index is -1.70. The molecule has 0 radical (unpaired) electrons. The lowest BCUT2D eigenvalue weighted by molar-refractivity contribution is 0.251. The van der Waals surface area contributed by atoms with Crippen LogP contribution in [0.25, 0.3) is 0 Å². The van der Waals surface area contributed by atoms with E-state index in [9.17, 15) is 0 Å². The summed E-state index contributed by atoms with van der Waals surface area (Å²) in [4.78, 5) is 0. The first-order chi connectivity index (χ1) is 6.12. The standard InChI is InChI=1S/C8H24O2Si3.3CH4/c1-4-8-12-10-13(2,3)9-6-5-7-11;;;/h4-8,12H2,1-3,11H3;3*1H4. The van der Waals surface area contributed by atoms with Crippen molar-refractivity contribution in [3.63, 3.8) is 0 Å². The number of rotatable bonds is 8. The van der Waals surface area contributed by atoms with Gasteiger partial charge in [-0.05, 0) is 25.6 Å². The third-order valence-electron chi connectivity index (χ3n) is 1.90. The Morgan fingerprint density at radius 2 is 1.75 bits per heavy atom. The van der Waals surface area contributed by atoms with Crippen LogP contribution in [-0.4, -0.2) is 35.2 Å². The Labute approximate surface area is 111 Å². The highest BCUT2D eigenvalue weighted by atomic mass is 28.4. The fourth-order valence-corrected chi connectivity index (χ4v) is 5.06. The maximum Gasteiger partial charge on any atom is 0.321 e.